The number of likely N-dealkylation sites (N-methyl/N-ethyl adjacent to an activating group) is 1. The maximum atomic E-state index is 6.11. The van der Waals surface area contributed by atoms with Crippen molar-refractivity contribution in [3.8, 4) is 5.75 Å². The van der Waals surface area contributed by atoms with Crippen molar-refractivity contribution in [1.29, 1.82) is 0 Å². The van der Waals surface area contributed by atoms with Crippen LogP contribution in [0.1, 0.15) is 12.5 Å². The van der Waals surface area contributed by atoms with Crippen molar-refractivity contribution in [3.05, 3.63) is 28.8 Å². The summed E-state index contributed by atoms with van der Waals surface area (Å²) in [6.07, 6.45) is 0. The molecule has 0 amide bonds. The number of nitrogens with one attached hydrogen (secondary N) is 1. The van der Waals surface area contributed by atoms with Crippen LogP contribution < -0.4 is 34.9 Å². The molecule has 0 radical (unpaired) electrons. The molecule has 6 heteroatoms. The maximum Gasteiger partial charge on any atom is 0.137 e. The standard InChI is InChI=1S/C13H21ClN2O.2ClH/c1-4-17-13-6-5-11(9-12(13)14)10-15-7-8-16(2)3;;/h5-6,9,15H,4,7-8,10H2,1-3H3;2*1H/p-2. The predicted molar refractivity (Wildman–Crippen MR) is 72.9 cm³/mol. The molecule has 0 aliphatic carbocycles. The van der Waals surface area contributed by atoms with Crippen molar-refractivity contribution in [1.82, 2.24) is 10.2 Å². The van der Waals surface area contributed by atoms with Gasteiger partial charge in [-0.1, -0.05) is 17.7 Å². The molecule has 3 nitrogen and oxygen atoms in total. The molecule has 0 atom stereocenters. The average molecular weight is 328 g/mol. The van der Waals surface area contributed by atoms with Gasteiger partial charge in [-0.25, -0.2) is 0 Å². The van der Waals surface area contributed by atoms with Gasteiger partial charge in [0.25, 0.3) is 0 Å². The zero-order chi connectivity index (χ0) is 12.7. The summed E-state index contributed by atoms with van der Waals surface area (Å²) in [6.45, 7) is 5.43. The summed E-state index contributed by atoms with van der Waals surface area (Å²) in [5.74, 6) is 0.756. The Morgan fingerprint density at radius 1 is 1.26 bits per heavy atom. The Balaban J connectivity index is 0. The summed E-state index contributed by atoms with van der Waals surface area (Å²) in [7, 11) is 4.13. The molecule has 1 N–H and O–H groups in total. The topological polar surface area (TPSA) is 24.5 Å². The number of benzene rings is 1. The minimum atomic E-state index is 0. The van der Waals surface area contributed by atoms with Crippen LogP contribution in [0.2, 0.25) is 5.02 Å². The van der Waals surface area contributed by atoms with E-state index in [4.69, 9.17) is 16.3 Å². The molecule has 0 aliphatic heterocycles. The van der Waals surface area contributed by atoms with Gasteiger partial charge in [0.05, 0.1) is 11.6 Å². The summed E-state index contributed by atoms with van der Waals surface area (Å²) in [6, 6.07) is 5.92. The Hall–Kier alpha value is -0.190. The summed E-state index contributed by atoms with van der Waals surface area (Å²) < 4.78 is 5.39. The fourth-order valence-corrected chi connectivity index (χ4v) is 1.72. The molecular formula is C13H21Cl3N2O-2. The third-order valence-electron chi connectivity index (χ3n) is 2.36. The lowest BCUT2D eigenvalue weighted by Gasteiger charge is -2.11. The lowest BCUT2D eigenvalue weighted by molar-refractivity contribution is -0.001000. The first-order chi connectivity index (χ1) is 8.13. The van der Waals surface area contributed by atoms with E-state index in [0.29, 0.717) is 11.6 Å². The molecule has 0 unspecified atom stereocenters. The van der Waals surface area contributed by atoms with Gasteiger partial charge in [-0.05, 0) is 38.7 Å². The fourth-order valence-electron chi connectivity index (χ4n) is 1.46. The molecule has 0 bridgehead atoms. The van der Waals surface area contributed by atoms with Crippen LogP contribution in [0.3, 0.4) is 0 Å². The van der Waals surface area contributed by atoms with E-state index in [1.165, 1.54) is 5.56 Å². The molecule has 112 valence electrons. The molecule has 0 heterocycles. The molecule has 0 aromatic heterocycles. The second-order valence-corrected chi connectivity index (χ2v) is 4.59. The van der Waals surface area contributed by atoms with Gasteiger partial charge in [0.1, 0.15) is 5.75 Å². The van der Waals surface area contributed by atoms with Crippen molar-refractivity contribution in [2.75, 3.05) is 33.8 Å². The Bertz CT molecular complexity index is 349. The second-order valence-electron chi connectivity index (χ2n) is 4.18. The van der Waals surface area contributed by atoms with E-state index in [1.54, 1.807) is 0 Å². The molecule has 1 rings (SSSR count). The fraction of sp³-hybridized carbons (Fsp3) is 0.538. The smallest absolute Gasteiger partial charge is 0.137 e. The number of hydrogen-bond donors (Lipinski definition) is 1. The van der Waals surface area contributed by atoms with Crippen LogP contribution in [0.25, 0.3) is 0 Å². The largest absolute Gasteiger partial charge is 1.00 e. The van der Waals surface area contributed by atoms with Gasteiger partial charge < -0.3 is 39.8 Å². The molecule has 0 spiro atoms. The van der Waals surface area contributed by atoms with Crippen molar-refractivity contribution < 1.29 is 29.6 Å². The highest BCUT2D eigenvalue weighted by Crippen LogP contribution is 2.25. The number of halogens is 3. The highest BCUT2D eigenvalue weighted by molar-refractivity contribution is 6.32. The van der Waals surface area contributed by atoms with Crippen LogP contribution >= 0.6 is 11.6 Å². The lowest BCUT2D eigenvalue weighted by atomic mass is 10.2. The minimum Gasteiger partial charge on any atom is -1.00 e. The SMILES string of the molecule is CCOc1ccc(CNCCN(C)C)cc1Cl.[Cl-].[Cl-]. The molecule has 1 aromatic carbocycles. The first-order valence-electron chi connectivity index (χ1n) is 5.90. The number of hydrogen-bond acceptors (Lipinski definition) is 3. The van der Waals surface area contributed by atoms with E-state index in [2.05, 4.69) is 24.3 Å². The van der Waals surface area contributed by atoms with E-state index < -0.39 is 0 Å². The normalized spacial score (nSPS) is 9.74. The molecule has 0 saturated heterocycles. The first-order valence-corrected chi connectivity index (χ1v) is 6.28. The van der Waals surface area contributed by atoms with Crippen molar-refractivity contribution in [2.45, 2.75) is 13.5 Å². The Kier molecular flexibility index (Phi) is 12.9. The van der Waals surface area contributed by atoms with Crippen LogP contribution in [0.4, 0.5) is 0 Å². The number of nitrogens with zero attached hydrogens (tertiary/aromatic N) is 1. The summed E-state index contributed by atoms with van der Waals surface area (Å²) in [5.41, 5.74) is 1.18. The van der Waals surface area contributed by atoms with E-state index in [-0.39, 0.29) is 24.8 Å². The zero-order valence-electron chi connectivity index (χ0n) is 11.5. The highest BCUT2D eigenvalue weighted by Gasteiger charge is 2.02. The van der Waals surface area contributed by atoms with Crippen LogP contribution in [0.5, 0.6) is 5.75 Å². The molecule has 0 aliphatic rings. The summed E-state index contributed by atoms with van der Waals surface area (Å²) >= 11 is 6.11. The van der Waals surface area contributed by atoms with Crippen molar-refractivity contribution >= 4 is 11.6 Å². The molecule has 0 fully saturated rings. The Morgan fingerprint density at radius 2 is 1.95 bits per heavy atom. The first kappa shape index (κ1) is 21.1. The van der Waals surface area contributed by atoms with Gasteiger partial charge in [-0.2, -0.15) is 0 Å². The van der Waals surface area contributed by atoms with Crippen LogP contribution in [-0.2, 0) is 6.54 Å². The van der Waals surface area contributed by atoms with Crippen LogP contribution in [0.15, 0.2) is 18.2 Å². The van der Waals surface area contributed by atoms with Crippen molar-refractivity contribution in [3.63, 3.8) is 0 Å². The van der Waals surface area contributed by atoms with Gasteiger partial charge in [-0.3, -0.25) is 0 Å². The minimum absolute atomic E-state index is 0. The maximum absolute atomic E-state index is 6.11. The summed E-state index contributed by atoms with van der Waals surface area (Å²) in [4.78, 5) is 2.15. The van der Waals surface area contributed by atoms with Crippen molar-refractivity contribution in [2.24, 2.45) is 0 Å². The Morgan fingerprint density at radius 3 is 2.47 bits per heavy atom. The lowest BCUT2D eigenvalue weighted by Crippen LogP contribution is -3.00. The number of ether oxygens (including phenoxy) is 1. The van der Waals surface area contributed by atoms with Gasteiger partial charge in [0.2, 0.25) is 0 Å². The summed E-state index contributed by atoms with van der Waals surface area (Å²) in [5, 5.41) is 4.05. The third kappa shape index (κ3) is 8.56. The van der Waals surface area contributed by atoms with Gasteiger partial charge in [0, 0.05) is 19.6 Å². The third-order valence-corrected chi connectivity index (χ3v) is 2.66. The van der Waals surface area contributed by atoms with E-state index >= 15 is 0 Å². The predicted octanol–water partition coefficient (Wildman–Crippen LogP) is -3.60. The Labute approximate surface area is 133 Å². The average Bonchev–Trinajstić information content (AvgIpc) is 2.28. The van der Waals surface area contributed by atoms with E-state index in [1.807, 2.05) is 25.1 Å². The van der Waals surface area contributed by atoms with Crippen LogP contribution in [-0.4, -0.2) is 38.7 Å². The van der Waals surface area contributed by atoms with Gasteiger partial charge >= 0.3 is 0 Å². The molecular weight excluding hydrogens is 307 g/mol. The van der Waals surface area contributed by atoms with Crippen LogP contribution in [0, 0.1) is 0 Å². The van der Waals surface area contributed by atoms with Gasteiger partial charge in [-0.15, -0.1) is 0 Å². The zero-order valence-corrected chi connectivity index (χ0v) is 13.8. The number of rotatable bonds is 7. The van der Waals surface area contributed by atoms with E-state index in [9.17, 15) is 0 Å². The molecule has 1 aromatic rings. The highest BCUT2D eigenvalue weighted by atomic mass is 35.5. The van der Waals surface area contributed by atoms with E-state index in [0.717, 1.165) is 25.4 Å². The van der Waals surface area contributed by atoms with Gasteiger partial charge in [0.15, 0.2) is 0 Å². The molecule has 19 heavy (non-hydrogen) atoms. The molecule has 0 saturated carbocycles. The monoisotopic (exact) mass is 326 g/mol. The second kappa shape index (κ2) is 11.6. The quantitative estimate of drug-likeness (QED) is 0.524.